The van der Waals surface area contributed by atoms with Gasteiger partial charge in [0.1, 0.15) is 17.4 Å². The van der Waals surface area contributed by atoms with Crippen molar-refractivity contribution in [2.75, 3.05) is 6.54 Å². The second-order valence-electron chi connectivity index (χ2n) is 6.34. The predicted octanol–water partition coefficient (Wildman–Crippen LogP) is 4.28. The number of amides is 2. The van der Waals surface area contributed by atoms with E-state index in [2.05, 4.69) is 30.2 Å². The molecule has 0 saturated heterocycles. The molecule has 1 heterocycles. The van der Waals surface area contributed by atoms with Crippen LogP contribution in [-0.4, -0.2) is 28.5 Å². The first-order chi connectivity index (χ1) is 11.9. The van der Waals surface area contributed by atoms with Crippen LogP contribution < -0.4 is 10.1 Å². The average Bonchev–Trinajstić information content (AvgIpc) is 3.01. The zero-order valence-corrected chi connectivity index (χ0v) is 16.4. The van der Waals surface area contributed by atoms with Crippen molar-refractivity contribution in [3.63, 3.8) is 0 Å². The largest absolute Gasteiger partial charge is 0.486 e. The van der Waals surface area contributed by atoms with Crippen LogP contribution in [0.1, 0.15) is 42.6 Å². The Kier molecular flexibility index (Phi) is 6.82. The molecule has 6 heteroatoms. The third kappa shape index (κ3) is 5.46. The van der Waals surface area contributed by atoms with Crippen LogP contribution in [-0.2, 0) is 13.2 Å². The van der Waals surface area contributed by atoms with Gasteiger partial charge in [0.05, 0.1) is 12.2 Å². The topological polar surface area (TPSA) is 54.5 Å². The van der Waals surface area contributed by atoms with E-state index in [9.17, 15) is 4.79 Å². The molecule has 2 aromatic rings. The molecule has 0 atom stereocenters. The van der Waals surface area contributed by atoms with Crippen LogP contribution in [0.2, 0.25) is 0 Å². The number of benzene rings is 1. The maximum Gasteiger partial charge on any atom is 0.317 e. The highest BCUT2D eigenvalue weighted by Gasteiger charge is 2.14. The van der Waals surface area contributed by atoms with Crippen LogP contribution in [0, 0.1) is 13.8 Å². The SMILES string of the molecule is CCN(Cc1csc(COc2cccc(C)c2C)n1)C(=O)NC(C)C. The Balaban J connectivity index is 1.95. The lowest BCUT2D eigenvalue weighted by Crippen LogP contribution is -2.42. The number of carbonyl (C=O) groups excluding carboxylic acids is 1. The van der Waals surface area contributed by atoms with E-state index in [1.165, 1.54) is 5.56 Å². The smallest absolute Gasteiger partial charge is 0.317 e. The van der Waals surface area contributed by atoms with Crippen LogP contribution in [0.25, 0.3) is 0 Å². The first-order valence-electron chi connectivity index (χ1n) is 8.58. The number of thiazole rings is 1. The fourth-order valence-electron chi connectivity index (χ4n) is 2.37. The molecule has 1 aromatic carbocycles. The van der Waals surface area contributed by atoms with E-state index in [4.69, 9.17) is 4.74 Å². The summed E-state index contributed by atoms with van der Waals surface area (Å²) in [6.45, 7) is 11.6. The Bertz CT molecular complexity index is 712. The van der Waals surface area contributed by atoms with E-state index in [1.807, 2.05) is 38.3 Å². The molecule has 5 nitrogen and oxygen atoms in total. The van der Waals surface area contributed by atoms with Gasteiger partial charge in [-0.25, -0.2) is 9.78 Å². The van der Waals surface area contributed by atoms with Crippen molar-refractivity contribution in [2.24, 2.45) is 0 Å². The molecule has 0 bridgehead atoms. The van der Waals surface area contributed by atoms with E-state index in [0.717, 1.165) is 22.0 Å². The highest BCUT2D eigenvalue weighted by Crippen LogP contribution is 2.22. The minimum atomic E-state index is -0.0568. The summed E-state index contributed by atoms with van der Waals surface area (Å²) in [4.78, 5) is 18.5. The summed E-state index contributed by atoms with van der Waals surface area (Å²) in [5.74, 6) is 0.892. The van der Waals surface area contributed by atoms with Crippen molar-refractivity contribution >= 4 is 17.4 Å². The van der Waals surface area contributed by atoms with Crippen LogP contribution in [0.5, 0.6) is 5.75 Å². The van der Waals surface area contributed by atoms with Gasteiger partial charge in [-0.05, 0) is 51.8 Å². The number of nitrogens with one attached hydrogen (secondary N) is 1. The van der Waals surface area contributed by atoms with Crippen LogP contribution >= 0.6 is 11.3 Å². The van der Waals surface area contributed by atoms with Gasteiger partial charge in [0.2, 0.25) is 0 Å². The van der Waals surface area contributed by atoms with Crippen molar-refractivity contribution in [2.45, 2.75) is 53.8 Å². The molecule has 0 aliphatic carbocycles. The second kappa shape index (κ2) is 8.85. The van der Waals surface area contributed by atoms with Crippen molar-refractivity contribution in [3.05, 3.63) is 45.4 Å². The van der Waals surface area contributed by atoms with E-state index in [-0.39, 0.29) is 12.1 Å². The number of carbonyl (C=O) groups is 1. The number of rotatable bonds is 7. The van der Waals surface area contributed by atoms with Crippen LogP contribution in [0.4, 0.5) is 4.79 Å². The number of aryl methyl sites for hydroxylation is 1. The predicted molar refractivity (Wildman–Crippen MR) is 102 cm³/mol. The zero-order chi connectivity index (χ0) is 18.4. The molecule has 0 unspecified atom stereocenters. The molecular formula is C19H27N3O2S. The summed E-state index contributed by atoms with van der Waals surface area (Å²) in [7, 11) is 0. The molecule has 0 fully saturated rings. The Morgan fingerprint density at radius 2 is 2.12 bits per heavy atom. The molecule has 0 spiro atoms. The second-order valence-corrected chi connectivity index (χ2v) is 7.28. The number of nitrogens with zero attached hydrogens (tertiary/aromatic N) is 2. The van der Waals surface area contributed by atoms with E-state index >= 15 is 0 Å². The molecule has 0 saturated carbocycles. The zero-order valence-electron chi connectivity index (χ0n) is 15.6. The third-order valence-electron chi connectivity index (χ3n) is 3.94. The quantitative estimate of drug-likeness (QED) is 0.801. The average molecular weight is 362 g/mol. The minimum absolute atomic E-state index is 0.0568. The molecule has 0 aliphatic rings. The van der Waals surface area contributed by atoms with Crippen molar-refractivity contribution in [1.82, 2.24) is 15.2 Å². The fourth-order valence-corrected chi connectivity index (χ4v) is 3.07. The van der Waals surface area contributed by atoms with E-state index < -0.39 is 0 Å². The maximum absolute atomic E-state index is 12.1. The van der Waals surface area contributed by atoms with E-state index in [1.54, 1.807) is 16.2 Å². The molecule has 0 radical (unpaired) electrons. The summed E-state index contributed by atoms with van der Waals surface area (Å²) >= 11 is 1.56. The van der Waals surface area contributed by atoms with Crippen LogP contribution in [0.15, 0.2) is 23.6 Å². The molecular weight excluding hydrogens is 334 g/mol. The van der Waals surface area contributed by atoms with Gasteiger partial charge >= 0.3 is 6.03 Å². The molecule has 1 N–H and O–H groups in total. The molecule has 25 heavy (non-hydrogen) atoms. The first-order valence-corrected chi connectivity index (χ1v) is 9.46. The number of hydrogen-bond acceptors (Lipinski definition) is 4. The third-order valence-corrected chi connectivity index (χ3v) is 4.81. The summed E-state index contributed by atoms with van der Waals surface area (Å²) in [6, 6.07) is 6.12. The highest BCUT2D eigenvalue weighted by atomic mass is 32.1. The van der Waals surface area contributed by atoms with Crippen LogP contribution in [0.3, 0.4) is 0 Å². The van der Waals surface area contributed by atoms with Gasteiger partial charge in [-0.1, -0.05) is 12.1 Å². The minimum Gasteiger partial charge on any atom is -0.486 e. The molecule has 0 aliphatic heterocycles. The lowest BCUT2D eigenvalue weighted by Gasteiger charge is -2.21. The first kappa shape index (κ1) is 19.2. The summed E-state index contributed by atoms with van der Waals surface area (Å²) in [6.07, 6.45) is 0. The summed E-state index contributed by atoms with van der Waals surface area (Å²) in [5.41, 5.74) is 3.26. The van der Waals surface area contributed by atoms with Gasteiger partial charge in [-0.3, -0.25) is 0 Å². The fraction of sp³-hybridized carbons (Fsp3) is 0.474. The summed E-state index contributed by atoms with van der Waals surface area (Å²) < 4.78 is 5.90. The van der Waals surface area contributed by atoms with Crippen molar-refractivity contribution in [3.8, 4) is 5.75 Å². The van der Waals surface area contributed by atoms with Crippen molar-refractivity contribution < 1.29 is 9.53 Å². The van der Waals surface area contributed by atoms with Gasteiger partial charge in [0.25, 0.3) is 0 Å². The molecule has 2 rings (SSSR count). The molecule has 1 aromatic heterocycles. The van der Waals surface area contributed by atoms with Gasteiger partial charge < -0.3 is 15.0 Å². The number of urea groups is 1. The normalized spacial score (nSPS) is 10.8. The van der Waals surface area contributed by atoms with Gasteiger partial charge in [0.15, 0.2) is 0 Å². The Morgan fingerprint density at radius 3 is 2.80 bits per heavy atom. The lowest BCUT2D eigenvalue weighted by atomic mass is 10.1. The number of aromatic nitrogens is 1. The van der Waals surface area contributed by atoms with Gasteiger partial charge in [-0.2, -0.15) is 0 Å². The Labute approximate surface area is 154 Å². The standard InChI is InChI=1S/C19H27N3O2S/c1-6-22(19(23)20-13(2)3)10-16-12-25-18(21-16)11-24-17-9-7-8-14(4)15(17)5/h7-9,12-13H,6,10-11H2,1-5H3,(H,20,23). The molecule has 136 valence electrons. The van der Waals surface area contributed by atoms with Gasteiger partial charge in [0, 0.05) is 18.0 Å². The number of ether oxygens (including phenoxy) is 1. The lowest BCUT2D eigenvalue weighted by molar-refractivity contribution is 0.195. The Morgan fingerprint density at radius 1 is 1.36 bits per heavy atom. The highest BCUT2D eigenvalue weighted by molar-refractivity contribution is 7.09. The van der Waals surface area contributed by atoms with E-state index in [0.29, 0.717) is 19.7 Å². The van der Waals surface area contributed by atoms with Crippen molar-refractivity contribution in [1.29, 1.82) is 0 Å². The Hall–Kier alpha value is -2.08. The van der Waals surface area contributed by atoms with Gasteiger partial charge in [-0.15, -0.1) is 11.3 Å². The monoisotopic (exact) mass is 361 g/mol. The summed E-state index contributed by atoms with van der Waals surface area (Å²) in [5, 5.41) is 5.82. The maximum atomic E-state index is 12.1. The molecule has 2 amide bonds. The number of hydrogen-bond donors (Lipinski definition) is 1.